The Bertz CT molecular complexity index is 1180. The highest BCUT2D eigenvalue weighted by atomic mass is 19.3. The van der Waals surface area contributed by atoms with Crippen molar-refractivity contribution in [2.45, 2.75) is 32.1 Å². The Morgan fingerprint density at radius 1 is 1.32 bits per heavy atom. The summed E-state index contributed by atoms with van der Waals surface area (Å²) in [4.78, 5) is 28.3. The molecule has 1 saturated carbocycles. The Hall–Kier alpha value is -3.14. The highest BCUT2D eigenvalue weighted by Gasteiger charge is 2.34. The summed E-state index contributed by atoms with van der Waals surface area (Å²) >= 11 is 0. The van der Waals surface area contributed by atoms with Crippen LogP contribution in [0, 0.1) is 12.7 Å². The zero-order chi connectivity index (χ0) is 22.1. The topological polar surface area (TPSA) is 91.3 Å². The number of carbonyl (C=O) groups excluding carboxylic acids is 1. The number of alkyl halides is 2. The Kier molecular flexibility index (Phi) is 5.81. The molecule has 0 aliphatic heterocycles. The first-order valence-corrected chi connectivity index (χ1v) is 10.0. The lowest BCUT2D eigenvalue weighted by molar-refractivity contribution is 0.0947. The predicted molar refractivity (Wildman–Crippen MR) is 109 cm³/mol. The van der Waals surface area contributed by atoms with Crippen LogP contribution in [0.4, 0.5) is 13.2 Å². The lowest BCUT2D eigenvalue weighted by Crippen LogP contribution is -2.34. The molecule has 2 heterocycles. The van der Waals surface area contributed by atoms with E-state index in [-0.39, 0.29) is 24.7 Å². The highest BCUT2D eigenvalue weighted by Crippen LogP contribution is 2.43. The normalized spacial score (nSPS) is 13.8. The molecule has 1 fully saturated rings. The number of rotatable bonds is 8. The Balaban J connectivity index is 1.64. The summed E-state index contributed by atoms with van der Waals surface area (Å²) < 4.78 is 39.7. The number of aryl methyl sites for hydroxylation is 1. The molecule has 0 saturated heterocycles. The van der Waals surface area contributed by atoms with Gasteiger partial charge in [-0.1, -0.05) is 12.1 Å². The van der Waals surface area contributed by atoms with Gasteiger partial charge >= 0.3 is 0 Å². The van der Waals surface area contributed by atoms with Gasteiger partial charge in [0.05, 0.1) is 18.4 Å². The number of benzene rings is 1. The lowest BCUT2D eigenvalue weighted by Gasteiger charge is -2.06. The van der Waals surface area contributed by atoms with Gasteiger partial charge in [0.2, 0.25) is 0 Å². The van der Waals surface area contributed by atoms with Gasteiger partial charge in [0.15, 0.2) is 5.69 Å². The molecule has 1 aromatic carbocycles. The molecule has 3 N–H and O–H groups in total. The van der Waals surface area contributed by atoms with E-state index >= 15 is 0 Å². The molecule has 1 amide bonds. The molecular formula is C21H22F3N5O2. The average molecular weight is 433 g/mol. The molecule has 0 spiro atoms. The maximum Gasteiger partial charge on any atom is 0.274 e. The molecule has 164 valence electrons. The quantitative estimate of drug-likeness (QED) is 0.477. The van der Waals surface area contributed by atoms with Crippen LogP contribution in [0.25, 0.3) is 16.8 Å². The molecule has 0 unspecified atom stereocenters. The molecule has 0 bridgehead atoms. The Labute approximate surface area is 175 Å². The first-order valence-electron chi connectivity index (χ1n) is 10.0. The van der Waals surface area contributed by atoms with Crippen LogP contribution in [0.5, 0.6) is 0 Å². The van der Waals surface area contributed by atoms with Crippen LogP contribution in [0.15, 0.2) is 29.2 Å². The summed E-state index contributed by atoms with van der Waals surface area (Å²) in [6.07, 6.45) is 0.802. The maximum absolute atomic E-state index is 14.0. The second kappa shape index (κ2) is 8.54. The van der Waals surface area contributed by atoms with Crippen molar-refractivity contribution in [2.24, 2.45) is 0 Å². The first kappa shape index (κ1) is 21.1. The minimum absolute atomic E-state index is 0.0685. The smallest absolute Gasteiger partial charge is 0.274 e. The second-order valence-corrected chi connectivity index (χ2v) is 7.64. The van der Waals surface area contributed by atoms with Gasteiger partial charge in [-0.3, -0.25) is 9.59 Å². The highest BCUT2D eigenvalue weighted by molar-refractivity contribution is 5.96. The third-order valence-electron chi connectivity index (χ3n) is 5.23. The van der Waals surface area contributed by atoms with Gasteiger partial charge < -0.3 is 15.6 Å². The van der Waals surface area contributed by atoms with Gasteiger partial charge in [-0.2, -0.15) is 5.10 Å². The standard InChI is InChI=1S/C21H22F3N5O2/c1-11-2-3-13(8-14(11)22)15-10-29-19(21(31)27-15)17(12-4-5-12)18(28-29)20(30)26-7-6-25-9-16(23)24/h2-3,8,10,12,16,25H,4-7,9H2,1H3,(H,26,30)(H,27,31). The molecule has 2 aromatic heterocycles. The summed E-state index contributed by atoms with van der Waals surface area (Å²) in [5.74, 6) is -0.788. The number of hydrogen-bond acceptors (Lipinski definition) is 4. The number of aromatic amines is 1. The first-order chi connectivity index (χ1) is 14.8. The zero-order valence-electron chi connectivity index (χ0n) is 16.8. The van der Waals surface area contributed by atoms with Crippen LogP contribution < -0.4 is 16.2 Å². The Morgan fingerprint density at radius 3 is 2.77 bits per heavy atom. The summed E-state index contributed by atoms with van der Waals surface area (Å²) in [5, 5.41) is 9.53. The molecule has 10 heteroatoms. The van der Waals surface area contributed by atoms with E-state index in [1.54, 1.807) is 25.3 Å². The van der Waals surface area contributed by atoms with Gasteiger partial charge in [-0.05, 0) is 37.3 Å². The van der Waals surface area contributed by atoms with Crippen molar-refractivity contribution in [3.63, 3.8) is 0 Å². The van der Waals surface area contributed by atoms with Gasteiger partial charge in [-0.25, -0.2) is 17.7 Å². The minimum atomic E-state index is -2.46. The molecule has 0 atom stereocenters. The van der Waals surface area contributed by atoms with Crippen molar-refractivity contribution in [3.05, 3.63) is 57.4 Å². The predicted octanol–water partition coefficient (Wildman–Crippen LogP) is 2.60. The fourth-order valence-electron chi connectivity index (χ4n) is 3.50. The third kappa shape index (κ3) is 4.48. The van der Waals surface area contributed by atoms with Gasteiger partial charge in [0.25, 0.3) is 17.9 Å². The van der Waals surface area contributed by atoms with Crippen molar-refractivity contribution in [1.29, 1.82) is 0 Å². The van der Waals surface area contributed by atoms with E-state index in [1.807, 2.05) is 0 Å². The number of nitrogens with one attached hydrogen (secondary N) is 3. The third-order valence-corrected chi connectivity index (χ3v) is 5.23. The summed E-state index contributed by atoms with van der Waals surface area (Å²) in [5.41, 5.74) is 1.97. The molecule has 0 radical (unpaired) electrons. The lowest BCUT2D eigenvalue weighted by atomic mass is 10.1. The maximum atomic E-state index is 14.0. The molecule has 31 heavy (non-hydrogen) atoms. The monoisotopic (exact) mass is 433 g/mol. The summed E-state index contributed by atoms with van der Waals surface area (Å²) in [6.45, 7) is 1.53. The van der Waals surface area contributed by atoms with Crippen molar-refractivity contribution < 1.29 is 18.0 Å². The van der Waals surface area contributed by atoms with E-state index in [0.717, 1.165) is 12.8 Å². The van der Waals surface area contributed by atoms with Crippen LogP contribution in [-0.2, 0) is 0 Å². The molecule has 1 aliphatic carbocycles. The van der Waals surface area contributed by atoms with Crippen LogP contribution in [0.2, 0.25) is 0 Å². The van der Waals surface area contributed by atoms with Crippen molar-refractivity contribution in [1.82, 2.24) is 25.2 Å². The van der Waals surface area contributed by atoms with E-state index in [1.165, 1.54) is 10.6 Å². The number of fused-ring (bicyclic) bond motifs is 1. The summed E-state index contributed by atoms with van der Waals surface area (Å²) in [7, 11) is 0. The van der Waals surface area contributed by atoms with E-state index in [4.69, 9.17) is 0 Å². The number of hydrogen-bond donors (Lipinski definition) is 3. The SMILES string of the molecule is Cc1ccc(-c2cn3nc(C(=O)NCCNCC(F)F)c(C4CC4)c3c(=O)[nH]2)cc1F. The van der Waals surface area contributed by atoms with E-state index in [2.05, 4.69) is 20.7 Å². The van der Waals surface area contributed by atoms with Gasteiger partial charge in [0.1, 0.15) is 11.3 Å². The molecular weight excluding hydrogens is 411 g/mol. The average Bonchev–Trinajstić information content (AvgIpc) is 3.48. The van der Waals surface area contributed by atoms with Crippen molar-refractivity contribution >= 4 is 11.4 Å². The van der Waals surface area contributed by atoms with Gasteiger partial charge in [-0.15, -0.1) is 0 Å². The number of carbonyl (C=O) groups is 1. The van der Waals surface area contributed by atoms with Crippen LogP contribution in [-0.4, -0.2) is 46.6 Å². The van der Waals surface area contributed by atoms with E-state index in [9.17, 15) is 22.8 Å². The zero-order valence-corrected chi connectivity index (χ0v) is 16.8. The second-order valence-electron chi connectivity index (χ2n) is 7.64. The number of aromatic nitrogens is 3. The number of amides is 1. The van der Waals surface area contributed by atoms with Crippen molar-refractivity contribution in [3.8, 4) is 11.3 Å². The summed E-state index contributed by atoms with van der Waals surface area (Å²) in [6, 6.07) is 4.64. The van der Waals surface area contributed by atoms with E-state index in [0.29, 0.717) is 27.9 Å². The van der Waals surface area contributed by atoms with Crippen molar-refractivity contribution in [2.75, 3.05) is 19.6 Å². The fourth-order valence-corrected chi connectivity index (χ4v) is 3.50. The fraction of sp³-hybridized carbons (Fsp3) is 0.381. The van der Waals surface area contributed by atoms with Crippen LogP contribution in [0.1, 0.15) is 40.4 Å². The largest absolute Gasteiger partial charge is 0.349 e. The molecule has 7 nitrogen and oxygen atoms in total. The number of nitrogens with zero attached hydrogens (tertiary/aromatic N) is 2. The Morgan fingerprint density at radius 2 is 2.10 bits per heavy atom. The van der Waals surface area contributed by atoms with E-state index < -0.39 is 30.3 Å². The van der Waals surface area contributed by atoms with Gasteiger partial charge in [0, 0.05) is 24.2 Å². The minimum Gasteiger partial charge on any atom is -0.349 e. The number of halogens is 3. The van der Waals surface area contributed by atoms with Crippen LogP contribution in [0.3, 0.4) is 0 Å². The molecule has 4 rings (SSSR count). The molecule has 3 aromatic rings. The number of H-pyrrole nitrogens is 1. The van der Waals surface area contributed by atoms with Crippen LogP contribution >= 0.6 is 0 Å². The molecule has 1 aliphatic rings.